The highest BCUT2D eigenvalue weighted by molar-refractivity contribution is 6.23. The Bertz CT molecular complexity index is 4850. The molecule has 4 heteroatoms. The molecule has 0 aromatic heterocycles. The molecule has 0 spiro atoms. The molecule has 0 fully saturated rings. The number of benzene rings is 14. The van der Waals surface area contributed by atoms with Crippen LogP contribution in [0.15, 0.2) is 277 Å². The Morgan fingerprint density at radius 2 is 0.646 bits per heavy atom. The van der Waals surface area contributed by atoms with Crippen molar-refractivity contribution in [3.8, 4) is 56.0 Å². The first-order valence-corrected chi connectivity index (χ1v) is 28.4. The van der Waals surface area contributed by atoms with Gasteiger partial charge in [0.05, 0.1) is 16.6 Å². The molecule has 82 heavy (non-hydrogen) atoms. The van der Waals surface area contributed by atoms with Crippen molar-refractivity contribution in [3.05, 3.63) is 299 Å². The Labute approximate surface area is 473 Å². The van der Waals surface area contributed by atoms with Crippen molar-refractivity contribution in [2.24, 2.45) is 9.98 Å². The van der Waals surface area contributed by atoms with Crippen molar-refractivity contribution >= 4 is 76.8 Å². The minimum Gasteiger partial charge on any atom is -0.483 e. The average molecular weight is 1050 g/mol. The smallest absolute Gasteiger partial charge is 0.200 e. The standard InChI is InChI=1S/2C39H25NO/c1-2-10-25-21-27(18-17-24(25)9-1)37-29-12-4-6-14-31(29)38(32-15-7-5-13-30(32)37)28-19-20-35-33(22-28)39-36(41-35)23-26-11-3-8-16-34(26)40-39;1-2-10-25-21-27(18-17-24(25)9-1)37-29-12-4-6-14-31(29)38(32-15-7-5-13-30(32)37)28-19-20-36-33(23-28)34-22-26-11-3-8-16-35(26)40-39(34)41-36/h1-23,36,39H;1-23,34,39H. The molecular formula is C78H50N2O2. The SMILES string of the molecule is C1=c2ccccc2=NC2Oc3ccc(-c4c5ccccc5c(-c5ccc6ccccc6c5)c5ccccc45)cc3C12.C1=c2ccccc2=NC2c3cc(-c4c5ccccc5c(-c5ccc6ccccc6c5)c5ccccc45)ccc3OC12. The van der Waals surface area contributed by atoms with Gasteiger partial charge in [-0.1, -0.05) is 224 Å². The normalized spacial score (nSPS) is 16.9. The van der Waals surface area contributed by atoms with Crippen LogP contribution in [0.2, 0.25) is 0 Å². The van der Waals surface area contributed by atoms with E-state index < -0.39 is 0 Å². The molecule has 4 unspecified atom stereocenters. The monoisotopic (exact) mass is 1050 g/mol. The highest BCUT2D eigenvalue weighted by Gasteiger charge is 2.36. The molecule has 14 aromatic rings. The molecule has 0 saturated carbocycles. The summed E-state index contributed by atoms with van der Waals surface area (Å²) in [4.78, 5) is 10.1. The third kappa shape index (κ3) is 7.45. The molecule has 18 rings (SSSR count). The van der Waals surface area contributed by atoms with Crippen molar-refractivity contribution < 1.29 is 9.47 Å². The molecule has 4 nitrogen and oxygen atoms in total. The summed E-state index contributed by atoms with van der Waals surface area (Å²) in [6, 6.07) is 96.2. The van der Waals surface area contributed by atoms with Gasteiger partial charge in [0.1, 0.15) is 23.6 Å². The lowest BCUT2D eigenvalue weighted by molar-refractivity contribution is 0.227. The molecular weight excluding hydrogens is 997 g/mol. The molecule has 4 aliphatic heterocycles. The average Bonchev–Trinajstić information content (AvgIpc) is 4.21. The fourth-order valence-electron chi connectivity index (χ4n) is 13.7. The molecule has 4 aliphatic rings. The summed E-state index contributed by atoms with van der Waals surface area (Å²) < 4.78 is 12.7. The maximum Gasteiger partial charge on any atom is 0.200 e. The summed E-state index contributed by atoms with van der Waals surface area (Å²) in [5, 5.41) is 19.4. The van der Waals surface area contributed by atoms with E-state index in [0.717, 1.165) is 33.0 Å². The maximum atomic E-state index is 6.40. The van der Waals surface area contributed by atoms with E-state index in [2.05, 4.69) is 273 Å². The first-order chi connectivity index (χ1) is 40.6. The van der Waals surface area contributed by atoms with Crippen LogP contribution in [-0.4, -0.2) is 12.3 Å². The first kappa shape index (κ1) is 46.5. The maximum absolute atomic E-state index is 6.40. The van der Waals surface area contributed by atoms with Gasteiger partial charge in [-0.2, -0.15) is 0 Å². The van der Waals surface area contributed by atoms with Crippen LogP contribution in [0.4, 0.5) is 0 Å². The van der Waals surface area contributed by atoms with Crippen molar-refractivity contribution in [1.82, 2.24) is 0 Å². The molecule has 0 N–H and O–H groups in total. The first-order valence-electron chi connectivity index (χ1n) is 28.4. The number of hydrogen-bond donors (Lipinski definition) is 0. The number of hydrogen-bond acceptors (Lipinski definition) is 4. The van der Waals surface area contributed by atoms with Gasteiger partial charge in [0.25, 0.3) is 0 Å². The topological polar surface area (TPSA) is 43.2 Å². The zero-order chi connectivity index (χ0) is 53.8. The Balaban J connectivity index is 0.000000130. The van der Waals surface area contributed by atoms with Gasteiger partial charge in [-0.3, -0.25) is 4.99 Å². The third-order valence-corrected chi connectivity index (χ3v) is 17.5. The number of ether oxygens (including phenoxy) is 2. The van der Waals surface area contributed by atoms with Crippen molar-refractivity contribution in [2.45, 2.75) is 24.3 Å². The molecule has 384 valence electrons. The number of nitrogens with zero attached hydrogens (tertiary/aromatic N) is 2. The molecule has 0 radical (unpaired) electrons. The zero-order valence-electron chi connectivity index (χ0n) is 44.6. The number of para-hydroxylation sites is 2. The summed E-state index contributed by atoms with van der Waals surface area (Å²) in [5.74, 6) is 1.96. The Kier molecular flexibility index (Phi) is 10.5. The lowest BCUT2D eigenvalue weighted by atomic mass is 9.84. The fraction of sp³-hybridized carbons (Fsp3) is 0.0513. The van der Waals surface area contributed by atoms with Gasteiger partial charge in [-0.05, 0) is 174 Å². The molecule has 4 atom stereocenters. The summed E-state index contributed by atoms with van der Waals surface area (Å²) in [5.41, 5.74) is 12.3. The lowest BCUT2D eigenvalue weighted by Gasteiger charge is -2.18. The number of fused-ring (bicyclic) bond motifs is 14. The second-order valence-electron chi connectivity index (χ2n) is 22.1. The summed E-state index contributed by atoms with van der Waals surface area (Å²) in [7, 11) is 0. The van der Waals surface area contributed by atoms with Crippen molar-refractivity contribution in [1.29, 1.82) is 0 Å². The van der Waals surface area contributed by atoms with Crippen LogP contribution >= 0.6 is 0 Å². The van der Waals surface area contributed by atoms with E-state index in [-0.39, 0.29) is 24.3 Å². The summed E-state index contributed by atoms with van der Waals surface area (Å²) in [6.07, 6.45) is 4.26. The minimum absolute atomic E-state index is 0.0331. The van der Waals surface area contributed by atoms with Crippen LogP contribution in [0.25, 0.3) is 121 Å². The predicted octanol–water partition coefficient (Wildman–Crippen LogP) is 16.8. The van der Waals surface area contributed by atoms with Gasteiger partial charge in [0, 0.05) is 11.1 Å². The Morgan fingerprint density at radius 1 is 0.280 bits per heavy atom. The lowest BCUT2D eigenvalue weighted by Crippen LogP contribution is -2.34. The predicted molar refractivity (Wildman–Crippen MR) is 337 cm³/mol. The van der Waals surface area contributed by atoms with E-state index in [1.807, 2.05) is 6.07 Å². The number of rotatable bonds is 4. The molecule has 0 aliphatic carbocycles. The fourth-order valence-corrected chi connectivity index (χ4v) is 13.7. The minimum atomic E-state index is -0.209. The van der Waals surface area contributed by atoms with Gasteiger partial charge in [0.2, 0.25) is 6.23 Å². The van der Waals surface area contributed by atoms with Crippen LogP contribution in [0.5, 0.6) is 11.5 Å². The Morgan fingerprint density at radius 3 is 1.13 bits per heavy atom. The Hall–Kier alpha value is -10.4. The largest absolute Gasteiger partial charge is 0.483 e. The summed E-state index contributed by atoms with van der Waals surface area (Å²) in [6.45, 7) is 0. The van der Waals surface area contributed by atoms with Crippen LogP contribution in [0.1, 0.15) is 23.1 Å². The van der Waals surface area contributed by atoms with Gasteiger partial charge in [-0.15, -0.1) is 0 Å². The zero-order valence-corrected chi connectivity index (χ0v) is 44.6. The second-order valence-corrected chi connectivity index (χ2v) is 22.1. The quantitative estimate of drug-likeness (QED) is 0.165. The molecule has 0 saturated heterocycles. The van der Waals surface area contributed by atoms with E-state index in [4.69, 9.17) is 19.5 Å². The summed E-state index contributed by atoms with van der Waals surface area (Å²) >= 11 is 0. The van der Waals surface area contributed by atoms with Crippen LogP contribution < -0.4 is 30.6 Å². The van der Waals surface area contributed by atoms with E-state index in [1.165, 1.54) is 120 Å². The molecule has 0 bridgehead atoms. The van der Waals surface area contributed by atoms with Gasteiger partial charge < -0.3 is 9.47 Å². The highest BCUT2D eigenvalue weighted by atomic mass is 16.5. The van der Waals surface area contributed by atoms with E-state index in [0.29, 0.717) is 0 Å². The molecule has 0 amide bonds. The van der Waals surface area contributed by atoms with Gasteiger partial charge in [-0.25, -0.2) is 4.99 Å². The molecule has 4 heterocycles. The van der Waals surface area contributed by atoms with Crippen LogP contribution in [0, 0.1) is 0 Å². The second kappa shape index (κ2) is 18.6. The van der Waals surface area contributed by atoms with Gasteiger partial charge >= 0.3 is 0 Å². The van der Waals surface area contributed by atoms with Crippen LogP contribution in [0.3, 0.4) is 0 Å². The molecule has 14 aromatic carbocycles. The van der Waals surface area contributed by atoms with Crippen molar-refractivity contribution in [2.75, 3.05) is 0 Å². The van der Waals surface area contributed by atoms with Crippen LogP contribution in [-0.2, 0) is 0 Å². The van der Waals surface area contributed by atoms with Gasteiger partial charge in [0.15, 0.2) is 0 Å². The van der Waals surface area contributed by atoms with E-state index in [1.54, 1.807) is 0 Å². The highest BCUT2D eigenvalue weighted by Crippen LogP contribution is 2.50. The van der Waals surface area contributed by atoms with E-state index >= 15 is 0 Å². The van der Waals surface area contributed by atoms with E-state index in [9.17, 15) is 0 Å². The third-order valence-electron chi connectivity index (χ3n) is 17.5. The van der Waals surface area contributed by atoms with Crippen molar-refractivity contribution in [3.63, 3.8) is 0 Å².